The lowest BCUT2D eigenvalue weighted by molar-refractivity contribution is 1.56. The zero-order valence-electron chi connectivity index (χ0n) is 5.01. The van der Waals surface area contributed by atoms with Crippen molar-refractivity contribution in [3.63, 3.8) is 0 Å². The van der Waals surface area contributed by atoms with Crippen molar-refractivity contribution in [2.24, 2.45) is 4.99 Å². The van der Waals surface area contributed by atoms with Crippen molar-refractivity contribution in [3.8, 4) is 0 Å². The van der Waals surface area contributed by atoms with Gasteiger partial charge in [-0.05, 0) is 13.0 Å². The van der Waals surface area contributed by atoms with Gasteiger partial charge in [0.25, 0.3) is 0 Å². The Balaban J connectivity index is 3.84. The first-order chi connectivity index (χ1) is 4.31. The standard InChI is InChI=1S/C6H7Cl2N/c1-2-9-5-6(8)3-4-7/h2-5H,1H3/b4-3+,6-5+,9-2+. The van der Waals surface area contributed by atoms with Crippen LogP contribution in [0.15, 0.2) is 27.8 Å². The highest BCUT2D eigenvalue weighted by Gasteiger charge is 1.77. The Hall–Kier alpha value is -0.270. The van der Waals surface area contributed by atoms with Gasteiger partial charge in [0.1, 0.15) is 0 Å². The predicted molar refractivity (Wildman–Crippen MR) is 43.1 cm³/mol. The molecule has 0 aromatic rings. The molecule has 0 atom stereocenters. The molecule has 0 bridgehead atoms. The Labute approximate surface area is 64.7 Å². The quantitative estimate of drug-likeness (QED) is 0.439. The third kappa shape index (κ3) is 5.60. The van der Waals surface area contributed by atoms with E-state index in [1.54, 1.807) is 12.3 Å². The number of rotatable bonds is 2. The second-order valence-corrected chi connectivity index (χ2v) is 1.90. The Morgan fingerprint density at radius 2 is 2.22 bits per heavy atom. The van der Waals surface area contributed by atoms with E-state index in [2.05, 4.69) is 4.99 Å². The fraction of sp³-hybridized carbons (Fsp3) is 0.167. The van der Waals surface area contributed by atoms with E-state index in [0.717, 1.165) is 0 Å². The third-order valence-corrected chi connectivity index (χ3v) is 0.919. The summed E-state index contributed by atoms with van der Waals surface area (Å²) >= 11 is 10.8. The van der Waals surface area contributed by atoms with Gasteiger partial charge in [0.2, 0.25) is 0 Å². The van der Waals surface area contributed by atoms with Crippen LogP contribution in [0.5, 0.6) is 0 Å². The minimum absolute atomic E-state index is 0.517. The molecule has 0 spiro atoms. The summed E-state index contributed by atoms with van der Waals surface area (Å²) < 4.78 is 0. The summed E-state index contributed by atoms with van der Waals surface area (Å²) in [6.07, 6.45) is 4.71. The van der Waals surface area contributed by atoms with Gasteiger partial charge in [-0.2, -0.15) is 0 Å². The van der Waals surface area contributed by atoms with Crippen LogP contribution < -0.4 is 0 Å². The average Bonchev–Trinajstić information content (AvgIpc) is 1.85. The van der Waals surface area contributed by atoms with Crippen molar-refractivity contribution in [2.45, 2.75) is 6.92 Å². The topological polar surface area (TPSA) is 12.4 Å². The maximum atomic E-state index is 5.54. The second kappa shape index (κ2) is 5.86. The zero-order valence-corrected chi connectivity index (χ0v) is 6.52. The van der Waals surface area contributed by atoms with Crippen LogP contribution in [0.3, 0.4) is 0 Å². The molecule has 0 aromatic heterocycles. The van der Waals surface area contributed by atoms with Crippen LogP contribution in [-0.4, -0.2) is 6.21 Å². The number of halogens is 2. The molecule has 50 valence electrons. The van der Waals surface area contributed by atoms with Crippen LogP contribution in [0.25, 0.3) is 0 Å². The molecule has 9 heavy (non-hydrogen) atoms. The smallest absolute Gasteiger partial charge is 0.0597 e. The summed E-state index contributed by atoms with van der Waals surface area (Å²) in [6, 6.07) is 0. The molecule has 0 aliphatic carbocycles. The molecule has 1 nitrogen and oxygen atoms in total. The highest BCUT2D eigenvalue weighted by atomic mass is 35.5. The van der Waals surface area contributed by atoms with Gasteiger partial charge in [0.15, 0.2) is 0 Å². The molecule has 0 saturated carbocycles. The number of aliphatic imine (C=N–C) groups is 1. The third-order valence-electron chi connectivity index (χ3n) is 0.569. The van der Waals surface area contributed by atoms with Gasteiger partial charge in [-0.15, -0.1) is 0 Å². The first kappa shape index (κ1) is 8.73. The molecule has 0 aliphatic heterocycles. The van der Waals surface area contributed by atoms with Crippen molar-refractivity contribution in [2.75, 3.05) is 0 Å². The molecular formula is C6H7Cl2N. The van der Waals surface area contributed by atoms with Crippen LogP contribution in [0.4, 0.5) is 0 Å². The summed E-state index contributed by atoms with van der Waals surface area (Å²) in [5, 5.41) is 0.517. The second-order valence-electron chi connectivity index (χ2n) is 1.21. The van der Waals surface area contributed by atoms with Crippen LogP contribution in [0.1, 0.15) is 6.92 Å². The van der Waals surface area contributed by atoms with E-state index in [1.165, 1.54) is 11.7 Å². The maximum Gasteiger partial charge on any atom is 0.0597 e. The fourth-order valence-electron chi connectivity index (χ4n) is 0.249. The lowest BCUT2D eigenvalue weighted by atomic mass is 10.6. The number of hydrogen-bond donors (Lipinski definition) is 0. The molecular weight excluding hydrogens is 157 g/mol. The van der Waals surface area contributed by atoms with E-state index in [9.17, 15) is 0 Å². The summed E-state index contributed by atoms with van der Waals surface area (Å²) in [5.41, 5.74) is 1.34. The molecule has 0 aromatic carbocycles. The van der Waals surface area contributed by atoms with Crippen LogP contribution >= 0.6 is 23.2 Å². The number of nitrogens with zero attached hydrogens (tertiary/aromatic N) is 1. The molecule has 0 saturated heterocycles. The Morgan fingerprint density at radius 3 is 2.67 bits per heavy atom. The SMILES string of the molecule is C/C=N/C=C(Cl)\C=C\Cl. The highest BCUT2D eigenvalue weighted by molar-refractivity contribution is 6.33. The van der Waals surface area contributed by atoms with Crippen LogP contribution in [0.2, 0.25) is 0 Å². The minimum Gasteiger partial charge on any atom is -0.268 e. The molecule has 0 N–H and O–H groups in total. The van der Waals surface area contributed by atoms with Gasteiger partial charge in [0, 0.05) is 17.9 Å². The Bertz CT molecular complexity index is 147. The van der Waals surface area contributed by atoms with Gasteiger partial charge >= 0.3 is 0 Å². The monoisotopic (exact) mass is 163 g/mol. The summed E-state index contributed by atoms with van der Waals surface area (Å²) in [5.74, 6) is 0. The normalized spacial score (nSPS) is 13.9. The molecule has 3 heteroatoms. The van der Waals surface area contributed by atoms with E-state index >= 15 is 0 Å². The summed E-state index contributed by atoms with van der Waals surface area (Å²) in [6.45, 7) is 1.81. The Morgan fingerprint density at radius 1 is 1.56 bits per heavy atom. The van der Waals surface area contributed by atoms with E-state index < -0.39 is 0 Å². The highest BCUT2D eigenvalue weighted by Crippen LogP contribution is 2.02. The van der Waals surface area contributed by atoms with Gasteiger partial charge in [-0.3, -0.25) is 4.99 Å². The van der Waals surface area contributed by atoms with Crippen molar-refractivity contribution in [1.29, 1.82) is 0 Å². The summed E-state index contributed by atoms with van der Waals surface area (Å²) in [4.78, 5) is 3.76. The lowest BCUT2D eigenvalue weighted by Crippen LogP contribution is -1.60. The lowest BCUT2D eigenvalue weighted by Gasteiger charge is -1.79. The molecule has 0 unspecified atom stereocenters. The van der Waals surface area contributed by atoms with Crippen molar-refractivity contribution in [1.82, 2.24) is 0 Å². The molecule has 0 fully saturated rings. The molecule has 0 amide bonds. The first-order valence-corrected chi connectivity index (χ1v) is 3.23. The van der Waals surface area contributed by atoms with E-state index in [0.29, 0.717) is 5.03 Å². The number of allylic oxidation sites excluding steroid dienone is 2. The van der Waals surface area contributed by atoms with Crippen LogP contribution in [-0.2, 0) is 0 Å². The molecule has 0 radical (unpaired) electrons. The zero-order chi connectivity index (χ0) is 7.11. The van der Waals surface area contributed by atoms with E-state index in [1.807, 2.05) is 6.92 Å². The molecule has 0 rings (SSSR count). The molecule has 0 aliphatic rings. The van der Waals surface area contributed by atoms with E-state index in [-0.39, 0.29) is 0 Å². The largest absolute Gasteiger partial charge is 0.268 e. The van der Waals surface area contributed by atoms with Crippen molar-refractivity contribution < 1.29 is 0 Å². The van der Waals surface area contributed by atoms with Gasteiger partial charge in [0.05, 0.1) is 5.03 Å². The van der Waals surface area contributed by atoms with Gasteiger partial charge < -0.3 is 0 Å². The van der Waals surface area contributed by atoms with Crippen molar-refractivity contribution in [3.05, 3.63) is 22.8 Å². The van der Waals surface area contributed by atoms with Crippen molar-refractivity contribution >= 4 is 29.4 Å². The number of hydrogen-bond acceptors (Lipinski definition) is 1. The molecule has 0 heterocycles. The Kier molecular flexibility index (Phi) is 5.68. The predicted octanol–water partition coefficient (Wildman–Crippen LogP) is 2.91. The maximum absolute atomic E-state index is 5.54. The van der Waals surface area contributed by atoms with Gasteiger partial charge in [-0.1, -0.05) is 23.2 Å². The summed E-state index contributed by atoms with van der Waals surface area (Å²) in [7, 11) is 0. The first-order valence-electron chi connectivity index (χ1n) is 2.41. The minimum atomic E-state index is 0.517. The fourth-order valence-corrected chi connectivity index (χ4v) is 0.569. The van der Waals surface area contributed by atoms with Gasteiger partial charge in [-0.25, -0.2) is 0 Å². The average molecular weight is 164 g/mol. The van der Waals surface area contributed by atoms with Crippen LogP contribution in [0, 0.1) is 0 Å². The van der Waals surface area contributed by atoms with E-state index in [4.69, 9.17) is 23.2 Å².